The number of ether oxygens (including phenoxy) is 1. The lowest BCUT2D eigenvalue weighted by atomic mass is 9.98. The zero-order valence-corrected chi connectivity index (χ0v) is 11.1. The highest BCUT2D eigenvalue weighted by Gasteiger charge is 2.25. The fourth-order valence-corrected chi connectivity index (χ4v) is 1.85. The minimum atomic E-state index is -0.915. The highest BCUT2D eigenvalue weighted by molar-refractivity contribution is 5.76. The number of aliphatic carboxylic acids is 1. The van der Waals surface area contributed by atoms with E-state index >= 15 is 0 Å². The molecule has 1 aliphatic rings. The van der Waals surface area contributed by atoms with Crippen LogP contribution < -0.4 is 10.6 Å². The molecule has 0 aromatic rings. The van der Waals surface area contributed by atoms with Crippen LogP contribution in [0.1, 0.15) is 27.2 Å². The lowest BCUT2D eigenvalue weighted by molar-refractivity contribution is -0.141. The maximum Gasteiger partial charge on any atom is 0.315 e. The standard InChI is InChI=1S/C12H22N2O4/c1-7-6-18-5-4-10(7)14-12(17)13-9(3)8(2)11(15)16/h7-10H,4-6H2,1-3H3,(H,15,16)(H2,13,14,17). The van der Waals surface area contributed by atoms with Crippen LogP contribution in [0.5, 0.6) is 0 Å². The number of urea groups is 1. The topological polar surface area (TPSA) is 87.7 Å². The highest BCUT2D eigenvalue weighted by Crippen LogP contribution is 2.13. The fraction of sp³-hybridized carbons (Fsp3) is 0.833. The van der Waals surface area contributed by atoms with Gasteiger partial charge in [0.15, 0.2) is 0 Å². The molecule has 104 valence electrons. The molecule has 1 aliphatic heterocycles. The third-order valence-electron chi connectivity index (χ3n) is 3.46. The Bertz CT molecular complexity index is 308. The molecule has 2 amide bonds. The molecule has 4 unspecified atom stereocenters. The van der Waals surface area contributed by atoms with Crippen LogP contribution in [0.2, 0.25) is 0 Å². The van der Waals surface area contributed by atoms with Crippen LogP contribution in [0.3, 0.4) is 0 Å². The molecule has 18 heavy (non-hydrogen) atoms. The number of carboxylic acid groups (broad SMARTS) is 1. The van der Waals surface area contributed by atoms with E-state index < -0.39 is 17.9 Å². The van der Waals surface area contributed by atoms with E-state index in [0.29, 0.717) is 13.2 Å². The molecule has 1 heterocycles. The van der Waals surface area contributed by atoms with Crippen molar-refractivity contribution in [1.29, 1.82) is 0 Å². The van der Waals surface area contributed by atoms with E-state index in [1.807, 2.05) is 6.92 Å². The zero-order valence-electron chi connectivity index (χ0n) is 11.1. The average molecular weight is 258 g/mol. The van der Waals surface area contributed by atoms with Gasteiger partial charge in [0.2, 0.25) is 0 Å². The van der Waals surface area contributed by atoms with Crippen LogP contribution in [0, 0.1) is 11.8 Å². The zero-order chi connectivity index (χ0) is 13.7. The Morgan fingerprint density at radius 2 is 2.06 bits per heavy atom. The van der Waals surface area contributed by atoms with E-state index in [9.17, 15) is 9.59 Å². The van der Waals surface area contributed by atoms with Crippen molar-refractivity contribution < 1.29 is 19.4 Å². The summed E-state index contributed by atoms with van der Waals surface area (Å²) >= 11 is 0. The molecule has 4 atom stereocenters. The van der Waals surface area contributed by atoms with Crippen molar-refractivity contribution in [1.82, 2.24) is 10.6 Å². The number of carbonyl (C=O) groups is 2. The van der Waals surface area contributed by atoms with Gasteiger partial charge in [-0.3, -0.25) is 4.79 Å². The van der Waals surface area contributed by atoms with Crippen LogP contribution in [-0.4, -0.2) is 42.4 Å². The van der Waals surface area contributed by atoms with Gasteiger partial charge < -0.3 is 20.5 Å². The van der Waals surface area contributed by atoms with Crippen molar-refractivity contribution in [3.8, 4) is 0 Å². The van der Waals surface area contributed by atoms with Crippen molar-refractivity contribution in [2.75, 3.05) is 13.2 Å². The molecule has 3 N–H and O–H groups in total. The third kappa shape index (κ3) is 4.18. The molecule has 1 fully saturated rings. The minimum absolute atomic E-state index is 0.0890. The van der Waals surface area contributed by atoms with Gasteiger partial charge in [-0.2, -0.15) is 0 Å². The largest absolute Gasteiger partial charge is 0.481 e. The first-order valence-corrected chi connectivity index (χ1v) is 6.29. The molecule has 0 saturated carbocycles. The molecule has 0 aliphatic carbocycles. The predicted octanol–water partition coefficient (Wildman–Crippen LogP) is 0.820. The quantitative estimate of drug-likeness (QED) is 0.696. The molecule has 0 bridgehead atoms. The van der Waals surface area contributed by atoms with Crippen LogP contribution in [0.4, 0.5) is 4.79 Å². The van der Waals surface area contributed by atoms with Crippen molar-refractivity contribution in [3.05, 3.63) is 0 Å². The Labute approximate surface area is 107 Å². The summed E-state index contributed by atoms with van der Waals surface area (Å²) in [6, 6.07) is -0.627. The van der Waals surface area contributed by atoms with Crippen molar-refractivity contribution in [2.24, 2.45) is 11.8 Å². The molecule has 1 saturated heterocycles. The van der Waals surface area contributed by atoms with Gasteiger partial charge in [-0.1, -0.05) is 6.92 Å². The maximum absolute atomic E-state index is 11.7. The first-order chi connectivity index (χ1) is 8.41. The molecule has 1 rings (SSSR count). The van der Waals surface area contributed by atoms with E-state index in [1.165, 1.54) is 0 Å². The number of rotatable bonds is 4. The number of hydrogen-bond donors (Lipinski definition) is 3. The van der Waals surface area contributed by atoms with E-state index in [1.54, 1.807) is 13.8 Å². The summed E-state index contributed by atoms with van der Waals surface area (Å²) in [6.45, 7) is 6.58. The first-order valence-electron chi connectivity index (χ1n) is 6.29. The van der Waals surface area contributed by atoms with Crippen molar-refractivity contribution >= 4 is 12.0 Å². The smallest absolute Gasteiger partial charge is 0.315 e. The lowest BCUT2D eigenvalue weighted by Gasteiger charge is -2.30. The number of carboxylic acids is 1. The number of nitrogens with one attached hydrogen (secondary N) is 2. The Balaban J connectivity index is 2.38. The normalized spacial score (nSPS) is 27.1. The summed E-state index contributed by atoms with van der Waals surface area (Å²) in [5.41, 5.74) is 0. The Hall–Kier alpha value is -1.30. The number of hydrogen-bond acceptors (Lipinski definition) is 3. The van der Waals surface area contributed by atoms with Gasteiger partial charge in [0.1, 0.15) is 0 Å². The predicted molar refractivity (Wildman–Crippen MR) is 66.3 cm³/mol. The summed E-state index contributed by atoms with van der Waals surface area (Å²) in [5.74, 6) is -1.25. The van der Waals surface area contributed by atoms with E-state index in [0.717, 1.165) is 6.42 Å². The Kier molecular flexibility index (Phi) is 5.40. The van der Waals surface area contributed by atoms with E-state index in [2.05, 4.69) is 10.6 Å². The van der Waals surface area contributed by atoms with Crippen LogP contribution in [-0.2, 0) is 9.53 Å². The van der Waals surface area contributed by atoms with Crippen molar-refractivity contribution in [2.45, 2.75) is 39.3 Å². The van der Waals surface area contributed by atoms with Crippen LogP contribution >= 0.6 is 0 Å². The van der Waals surface area contributed by atoms with Gasteiger partial charge in [-0.05, 0) is 26.2 Å². The summed E-state index contributed by atoms with van der Waals surface area (Å²) in [7, 11) is 0. The average Bonchev–Trinajstić information content (AvgIpc) is 2.30. The number of amides is 2. The molecule has 0 radical (unpaired) electrons. The summed E-state index contributed by atoms with van der Waals surface area (Å²) < 4.78 is 5.29. The van der Waals surface area contributed by atoms with Gasteiger partial charge in [0.05, 0.1) is 12.5 Å². The molecule has 6 heteroatoms. The summed E-state index contributed by atoms with van der Waals surface area (Å²) in [5, 5.41) is 14.4. The van der Waals surface area contributed by atoms with E-state index in [-0.39, 0.29) is 18.0 Å². The lowest BCUT2D eigenvalue weighted by Crippen LogP contribution is -2.51. The minimum Gasteiger partial charge on any atom is -0.481 e. The van der Waals surface area contributed by atoms with Gasteiger partial charge in [-0.25, -0.2) is 4.79 Å². The molecule has 6 nitrogen and oxygen atoms in total. The second-order valence-corrected chi connectivity index (χ2v) is 4.98. The van der Waals surface area contributed by atoms with Crippen LogP contribution in [0.25, 0.3) is 0 Å². The molecular weight excluding hydrogens is 236 g/mol. The Morgan fingerprint density at radius 1 is 1.39 bits per heavy atom. The van der Waals surface area contributed by atoms with Gasteiger partial charge in [0, 0.05) is 18.7 Å². The van der Waals surface area contributed by atoms with Gasteiger partial charge in [-0.15, -0.1) is 0 Å². The van der Waals surface area contributed by atoms with Gasteiger partial charge in [0.25, 0.3) is 0 Å². The highest BCUT2D eigenvalue weighted by atomic mass is 16.5. The molecule has 0 spiro atoms. The molecule has 0 aromatic heterocycles. The van der Waals surface area contributed by atoms with Crippen molar-refractivity contribution in [3.63, 3.8) is 0 Å². The molecule has 0 aromatic carbocycles. The maximum atomic E-state index is 11.7. The second-order valence-electron chi connectivity index (χ2n) is 4.98. The SMILES string of the molecule is CC1COCCC1NC(=O)NC(C)C(C)C(=O)O. The first kappa shape index (κ1) is 14.8. The number of carbonyl (C=O) groups excluding carboxylic acids is 1. The van der Waals surface area contributed by atoms with E-state index in [4.69, 9.17) is 9.84 Å². The summed E-state index contributed by atoms with van der Waals surface area (Å²) in [4.78, 5) is 22.5. The second kappa shape index (κ2) is 6.58. The Morgan fingerprint density at radius 3 is 2.61 bits per heavy atom. The fourth-order valence-electron chi connectivity index (χ4n) is 1.85. The summed E-state index contributed by atoms with van der Waals surface area (Å²) in [6.07, 6.45) is 0.789. The molecular formula is C12H22N2O4. The monoisotopic (exact) mass is 258 g/mol. The third-order valence-corrected chi connectivity index (χ3v) is 3.46. The van der Waals surface area contributed by atoms with Gasteiger partial charge >= 0.3 is 12.0 Å². The van der Waals surface area contributed by atoms with Crippen LogP contribution in [0.15, 0.2) is 0 Å².